The van der Waals surface area contributed by atoms with Crippen LogP contribution in [0.4, 0.5) is 0 Å². The maximum Gasteiger partial charge on any atom is 0.0660 e. The minimum atomic E-state index is 0.993. The molecule has 0 fully saturated rings. The Kier molecular flexibility index (Phi) is 2.68. The molecule has 72 valence electrons. The van der Waals surface area contributed by atoms with Crippen LogP contribution in [0.3, 0.4) is 0 Å². The molecule has 0 amide bonds. The van der Waals surface area contributed by atoms with Crippen molar-refractivity contribution in [1.29, 1.82) is 0 Å². The molecule has 3 heteroatoms. The van der Waals surface area contributed by atoms with Crippen molar-refractivity contribution in [1.82, 2.24) is 9.78 Å². The van der Waals surface area contributed by atoms with Crippen molar-refractivity contribution >= 4 is 15.9 Å². The molecule has 1 heterocycles. The van der Waals surface area contributed by atoms with Gasteiger partial charge in [-0.3, -0.25) is 0 Å². The minimum Gasteiger partial charge on any atom is -0.238 e. The van der Waals surface area contributed by atoms with Crippen molar-refractivity contribution in [3.63, 3.8) is 0 Å². The second-order valence-corrected chi connectivity index (χ2v) is 3.98. The van der Waals surface area contributed by atoms with Gasteiger partial charge in [0.2, 0.25) is 0 Å². The Morgan fingerprint density at radius 1 is 1.36 bits per heavy atom. The zero-order valence-electron chi connectivity index (χ0n) is 7.94. The van der Waals surface area contributed by atoms with Gasteiger partial charge in [-0.25, -0.2) is 4.68 Å². The maximum absolute atomic E-state index is 4.29. The normalized spacial score (nSPS) is 10.4. The molecule has 2 aromatic rings. The predicted molar refractivity (Wildman–Crippen MR) is 60.6 cm³/mol. The van der Waals surface area contributed by atoms with Crippen molar-refractivity contribution in [2.75, 3.05) is 0 Å². The van der Waals surface area contributed by atoms with Gasteiger partial charge in [-0.05, 0) is 30.7 Å². The van der Waals surface area contributed by atoms with Crippen LogP contribution in [-0.2, 0) is 6.42 Å². The number of benzene rings is 1. The Hall–Kier alpha value is -1.09. The van der Waals surface area contributed by atoms with Crippen LogP contribution in [0.25, 0.3) is 5.69 Å². The summed E-state index contributed by atoms with van der Waals surface area (Å²) in [5.74, 6) is 0. The van der Waals surface area contributed by atoms with Crippen molar-refractivity contribution in [3.05, 3.63) is 46.7 Å². The van der Waals surface area contributed by atoms with Crippen molar-refractivity contribution in [3.8, 4) is 5.69 Å². The van der Waals surface area contributed by atoms with E-state index in [1.54, 1.807) is 0 Å². The summed E-state index contributed by atoms with van der Waals surface area (Å²) < 4.78 is 3.04. The summed E-state index contributed by atoms with van der Waals surface area (Å²) in [6.07, 6.45) is 2.83. The molecule has 0 saturated carbocycles. The SMILES string of the molecule is CCc1ccnn1-c1cccc(Br)c1. The van der Waals surface area contributed by atoms with Gasteiger partial charge in [0.15, 0.2) is 0 Å². The molecule has 14 heavy (non-hydrogen) atoms. The van der Waals surface area contributed by atoms with Crippen LogP contribution in [0.1, 0.15) is 12.6 Å². The Morgan fingerprint density at radius 3 is 2.93 bits per heavy atom. The fraction of sp³-hybridized carbons (Fsp3) is 0.182. The fourth-order valence-corrected chi connectivity index (χ4v) is 1.83. The van der Waals surface area contributed by atoms with E-state index in [1.807, 2.05) is 29.1 Å². The lowest BCUT2D eigenvalue weighted by Crippen LogP contribution is -2.00. The summed E-state index contributed by atoms with van der Waals surface area (Å²) >= 11 is 3.45. The average Bonchev–Trinajstić information content (AvgIpc) is 2.65. The Balaban J connectivity index is 2.49. The summed E-state index contributed by atoms with van der Waals surface area (Å²) in [7, 11) is 0. The number of halogens is 1. The first kappa shape index (κ1) is 9.46. The molecule has 0 saturated heterocycles. The summed E-state index contributed by atoms with van der Waals surface area (Å²) in [4.78, 5) is 0. The standard InChI is InChI=1S/C11H11BrN2/c1-2-10-6-7-13-14(10)11-5-3-4-9(12)8-11/h3-8H,2H2,1H3. The lowest BCUT2D eigenvalue weighted by molar-refractivity contribution is 0.813. The molecule has 1 aromatic heterocycles. The van der Waals surface area contributed by atoms with Gasteiger partial charge >= 0.3 is 0 Å². The highest BCUT2D eigenvalue weighted by molar-refractivity contribution is 9.10. The lowest BCUT2D eigenvalue weighted by Gasteiger charge is -2.05. The van der Waals surface area contributed by atoms with E-state index in [9.17, 15) is 0 Å². The number of nitrogens with zero attached hydrogens (tertiary/aromatic N) is 2. The van der Waals surface area contributed by atoms with Crippen LogP contribution in [0.2, 0.25) is 0 Å². The van der Waals surface area contributed by atoms with Crippen LogP contribution in [0.5, 0.6) is 0 Å². The molecular weight excluding hydrogens is 240 g/mol. The highest BCUT2D eigenvalue weighted by Crippen LogP contribution is 2.16. The first-order valence-corrected chi connectivity index (χ1v) is 5.39. The van der Waals surface area contributed by atoms with E-state index in [4.69, 9.17) is 0 Å². The highest BCUT2D eigenvalue weighted by atomic mass is 79.9. The van der Waals surface area contributed by atoms with Gasteiger partial charge in [0.1, 0.15) is 0 Å². The molecule has 0 spiro atoms. The maximum atomic E-state index is 4.29. The number of hydrogen-bond acceptors (Lipinski definition) is 1. The van der Waals surface area contributed by atoms with Gasteiger partial charge in [-0.2, -0.15) is 5.10 Å². The van der Waals surface area contributed by atoms with Gasteiger partial charge in [0.25, 0.3) is 0 Å². The lowest BCUT2D eigenvalue weighted by atomic mass is 10.3. The van der Waals surface area contributed by atoms with Gasteiger partial charge in [-0.15, -0.1) is 0 Å². The minimum absolute atomic E-state index is 0.993. The molecule has 1 aromatic carbocycles. The molecule has 0 atom stereocenters. The molecule has 0 bridgehead atoms. The van der Waals surface area contributed by atoms with Crippen LogP contribution in [0.15, 0.2) is 41.0 Å². The van der Waals surface area contributed by atoms with Crippen molar-refractivity contribution < 1.29 is 0 Å². The van der Waals surface area contributed by atoms with E-state index in [0.717, 1.165) is 16.6 Å². The summed E-state index contributed by atoms with van der Waals surface area (Å²) in [6, 6.07) is 10.2. The number of aromatic nitrogens is 2. The van der Waals surface area contributed by atoms with Crippen LogP contribution in [-0.4, -0.2) is 9.78 Å². The molecule has 0 aliphatic rings. The van der Waals surface area contributed by atoms with Gasteiger partial charge < -0.3 is 0 Å². The van der Waals surface area contributed by atoms with E-state index in [-0.39, 0.29) is 0 Å². The summed E-state index contributed by atoms with van der Waals surface area (Å²) in [5.41, 5.74) is 2.32. The number of rotatable bonds is 2. The van der Waals surface area contributed by atoms with E-state index < -0.39 is 0 Å². The van der Waals surface area contributed by atoms with Gasteiger partial charge in [0, 0.05) is 16.4 Å². The molecule has 0 radical (unpaired) electrons. The molecule has 0 N–H and O–H groups in total. The smallest absolute Gasteiger partial charge is 0.0660 e. The Labute approximate surface area is 91.7 Å². The van der Waals surface area contributed by atoms with Crippen molar-refractivity contribution in [2.45, 2.75) is 13.3 Å². The van der Waals surface area contributed by atoms with Crippen LogP contribution < -0.4 is 0 Å². The molecule has 0 aliphatic heterocycles. The van der Waals surface area contributed by atoms with Gasteiger partial charge in [-0.1, -0.05) is 28.9 Å². The van der Waals surface area contributed by atoms with E-state index in [0.29, 0.717) is 0 Å². The third-order valence-corrected chi connectivity index (χ3v) is 2.63. The predicted octanol–water partition coefficient (Wildman–Crippen LogP) is 3.20. The highest BCUT2D eigenvalue weighted by Gasteiger charge is 2.02. The summed E-state index contributed by atoms with van der Waals surface area (Å²) in [6.45, 7) is 2.13. The largest absolute Gasteiger partial charge is 0.238 e. The second kappa shape index (κ2) is 3.96. The third kappa shape index (κ3) is 1.73. The van der Waals surface area contributed by atoms with Crippen LogP contribution in [0, 0.1) is 0 Å². The van der Waals surface area contributed by atoms with Gasteiger partial charge in [0.05, 0.1) is 5.69 Å². The average molecular weight is 251 g/mol. The summed E-state index contributed by atoms with van der Waals surface area (Å²) in [5, 5.41) is 4.29. The van der Waals surface area contributed by atoms with Crippen molar-refractivity contribution in [2.24, 2.45) is 0 Å². The van der Waals surface area contributed by atoms with E-state index in [1.165, 1.54) is 5.69 Å². The van der Waals surface area contributed by atoms with E-state index >= 15 is 0 Å². The molecule has 0 aliphatic carbocycles. The quantitative estimate of drug-likeness (QED) is 0.801. The second-order valence-electron chi connectivity index (χ2n) is 3.07. The molecule has 2 nitrogen and oxygen atoms in total. The monoisotopic (exact) mass is 250 g/mol. The zero-order valence-corrected chi connectivity index (χ0v) is 9.53. The first-order chi connectivity index (χ1) is 6.81. The molecule has 0 unspecified atom stereocenters. The first-order valence-electron chi connectivity index (χ1n) is 4.60. The third-order valence-electron chi connectivity index (χ3n) is 2.14. The van der Waals surface area contributed by atoms with Crippen LogP contribution >= 0.6 is 15.9 Å². The topological polar surface area (TPSA) is 17.8 Å². The number of hydrogen-bond donors (Lipinski definition) is 0. The molecule has 2 rings (SSSR count). The molecular formula is C11H11BrN2. The Morgan fingerprint density at radius 2 is 2.21 bits per heavy atom. The Bertz CT molecular complexity index is 434. The van der Waals surface area contributed by atoms with E-state index in [2.05, 4.69) is 40.1 Å². The zero-order chi connectivity index (χ0) is 9.97. The fourth-order valence-electron chi connectivity index (χ4n) is 1.44. The number of aryl methyl sites for hydroxylation is 1.